The largest absolute Gasteiger partial charge is 0.356 e. The van der Waals surface area contributed by atoms with E-state index in [1.165, 1.54) is 12.5 Å². The van der Waals surface area contributed by atoms with Gasteiger partial charge in [0.05, 0.1) is 5.52 Å². The Labute approximate surface area is 101 Å². The summed E-state index contributed by atoms with van der Waals surface area (Å²) in [6.07, 6.45) is 0.767. The second-order valence-corrected chi connectivity index (χ2v) is 4.23. The van der Waals surface area contributed by atoms with Crippen LogP contribution in [0.1, 0.15) is 18.2 Å². The fraction of sp³-hybridized carbons (Fsp3) is 0.286. The Balaban J connectivity index is 2.14. The Morgan fingerprint density at radius 2 is 2.12 bits per heavy atom. The molecule has 1 aromatic heterocycles. The highest BCUT2D eigenvalue weighted by Crippen LogP contribution is 2.14. The molecule has 1 amide bonds. The van der Waals surface area contributed by atoms with Crippen LogP contribution < -0.4 is 5.32 Å². The number of aromatic nitrogens is 1. The van der Waals surface area contributed by atoms with Gasteiger partial charge in [-0.2, -0.15) is 0 Å². The van der Waals surface area contributed by atoms with Crippen LogP contribution in [0.15, 0.2) is 30.3 Å². The fourth-order valence-corrected chi connectivity index (χ4v) is 1.79. The number of amides is 1. The molecule has 0 bridgehead atoms. The summed E-state index contributed by atoms with van der Waals surface area (Å²) in [7, 11) is 0. The Morgan fingerprint density at radius 1 is 1.29 bits per heavy atom. The van der Waals surface area contributed by atoms with Crippen LogP contribution >= 0.6 is 0 Å². The summed E-state index contributed by atoms with van der Waals surface area (Å²) in [6.45, 7) is 4.24. The van der Waals surface area contributed by atoms with Crippen molar-refractivity contribution in [2.24, 2.45) is 0 Å². The number of rotatable bonds is 3. The number of aryl methyl sites for hydroxylation is 1. The standard InChI is InChI=1S/C14H16N2O/c1-10-3-6-14-12(9-10)4-5-13(16-14)7-8-15-11(2)17/h3-6,9H,7-8H2,1-2H3,(H,15,17). The zero-order valence-electron chi connectivity index (χ0n) is 10.2. The summed E-state index contributed by atoms with van der Waals surface area (Å²) in [5, 5.41) is 3.93. The van der Waals surface area contributed by atoms with E-state index >= 15 is 0 Å². The van der Waals surface area contributed by atoms with Crippen molar-refractivity contribution in [3.05, 3.63) is 41.6 Å². The summed E-state index contributed by atoms with van der Waals surface area (Å²) in [6, 6.07) is 10.3. The van der Waals surface area contributed by atoms with Crippen LogP contribution in [0, 0.1) is 6.92 Å². The summed E-state index contributed by atoms with van der Waals surface area (Å²) in [5.74, 6) is 0.00131. The first-order valence-corrected chi connectivity index (χ1v) is 5.76. The van der Waals surface area contributed by atoms with E-state index in [4.69, 9.17) is 0 Å². The average Bonchev–Trinajstić information content (AvgIpc) is 2.29. The lowest BCUT2D eigenvalue weighted by atomic mass is 10.1. The van der Waals surface area contributed by atoms with Crippen molar-refractivity contribution in [3.8, 4) is 0 Å². The monoisotopic (exact) mass is 228 g/mol. The first kappa shape index (κ1) is 11.6. The molecule has 88 valence electrons. The van der Waals surface area contributed by atoms with Crippen molar-refractivity contribution in [1.29, 1.82) is 0 Å². The van der Waals surface area contributed by atoms with Gasteiger partial charge in [0.15, 0.2) is 0 Å². The number of carbonyl (C=O) groups excluding carboxylic acids is 1. The lowest BCUT2D eigenvalue weighted by Gasteiger charge is -2.04. The van der Waals surface area contributed by atoms with Crippen LogP contribution in [0.2, 0.25) is 0 Å². The zero-order chi connectivity index (χ0) is 12.3. The van der Waals surface area contributed by atoms with Crippen molar-refractivity contribution in [2.45, 2.75) is 20.3 Å². The summed E-state index contributed by atoms with van der Waals surface area (Å²) < 4.78 is 0. The van der Waals surface area contributed by atoms with Gasteiger partial charge < -0.3 is 5.32 Å². The lowest BCUT2D eigenvalue weighted by molar-refractivity contribution is -0.118. The normalized spacial score (nSPS) is 10.5. The summed E-state index contributed by atoms with van der Waals surface area (Å²) in [5.41, 5.74) is 3.26. The van der Waals surface area contributed by atoms with Crippen molar-refractivity contribution in [3.63, 3.8) is 0 Å². The highest BCUT2D eigenvalue weighted by molar-refractivity contribution is 5.79. The number of pyridine rings is 1. The van der Waals surface area contributed by atoms with Gasteiger partial charge in [0, 0.05) is 31.0 Å². The first-order chi connectivity index (χ1) is 8.15. The molecule has 0 saturated heterocycles. The average molecular weight is 228 g/mol. The van der Waals surface area contributed by atoms with Crippen LogP contribution in [-0.2, 0) is 11.2 Å². The molecule has 0 aliphatic rings. The van der Waals surface area contributed by atoms with E-state index in [2.05, 4.69) is 35.4 Å². The minimum absolute atomic E-state index is 0.00131. The molecule has 1 N–H and O–H groups in total. The first-order valence-electron chi connectivity index (χ1n) is 5.76. The van der Waals surface area contributed by atoms with Crippen LogP contribution in [0.25, 0.3) is 10.9 Å². The van der Waals surface area contributed by atoms with Crippen molar-refractivity contribution in [2.75, 3.05) is 6.54 Å². The maximum atomic E-state index is 10.8. The van der Waals surface area contributed by atoms with Gasteiger partial charge in [0.2, 0.25) is 5.91 Å². The molecule has 0 atom stereocenters. The Hall–Kier alpha value is -1.90. The van der Waals surface area contributed by atoms with Gasteiger partial charge in [-0.25, -0.2) is 0 Å². The van der Waals surface area contributed by atoms with Gasteiger partial charge in [-0.05, 0) is 25.1 Å². The molecule has 0 unspecified atom stereocenters. The van der Waals surface area contributed by atoms with Crippen LogP contribution in [-0.4, -0.2) is 17.4 Å². The van der Waals surface area contributed by atoms with E-state index in [1.54, 1.807) is 0 Å². The van der Waals surface area contributed by atoms with Crippen LogP contribution in [0.4, 0.5) is 0 Å². The lowest BCUT2D eigenvalue weighted by Crippen LogP contribution is -2.22. The van der Waals surface area contributed by atoms with Crippen LogP contribution in [0.3, 0.4) is 0 Å². The molecular formula is C14H16N2O. The van der Waals surface area contributed by atoms with Gasteiger partial charge in [0.1, 0.15) is 0 Å². The number of nitrogens with one attached hydrogen (secondary N) is 1. The second kappa shape index (κ2) is 4.95. The van der Waals surface area contributed by atoms with Crippen molar-refractivity contribution < 1.29 is 4.79 Å². The van der Waals surface area contributed by atoms with E-state index in [0.717, 1.165) is 23.0 Å². The molecule has 2 aromatic rings. The topological polar surface area (TPSA) is 42.0 Å². The Morgan fingerprint density at radius 3 is 2.88 bits per heavy atom. The highest BCUT2D eigenvalue weighted by atomic mass is 16.1. The molecule has 0 saturated carbocycles. The molecule has 0 aliphatic carbocycles. The van der Waals surface area contributed by atoms with E-state index in [1.807, 2.05) is 12.1 Å². The molecule has 0 fully saturated rings. The van der Waals surface area contributed by atoms with Gasteiger partial charge in [-0.15, -0.1) is 0 Å². The quantitative estimate of drug-likeness (QED) is 0.875. The maximum absolute atomic E-state index is 10.8. The predicted molar refractivity (Wildman–Crippen MR) is 68.9 cm³/mol. The van der Waals surface area contributed by atoms with Gasteiger partial charge in [-0.1, -0.05) is 17.7 Å². The van der Waals surface area contributed by atoms with E-state index in [9.17, 15) is 4.79 Å². The third-order valence-electron chi connectivity index (χ3n) is 2.66. The molecule has 1 aromatic carbocycles. The SMILES string of the molecule is CC(=O)NCCc1ccc2cc(C)ccc2n1. The number of hydrogen-bond acceptors (Lipinski definition) is 2. The van der Waals surface area contributed by atoms with E-state index in [-0.39, 0.29) is 5.91 Å². The summed E-state index contributed by atoms with van der Waals surface area (Å²) in [4.78, 5) is 15.3. The Bertz CT molecular complexity index is 549. The van der Waals surface area contributed by atoms with Gasteiger partial charge >= 0.3 is 0 Å². The number of benzene rings is 1. The number of carbonyl (C=O) groups is 1. The van der Waals surface area contributed by atoms with Gasteiger partial charge in [0.25, 0.3) is 0 Å². The highest BCUT2D eigenvalue weighted by Gasteiger charge is 1.99. The van der Waals surface area contributed by atoms with E-state index < -0.39 is 0 Å². The third kappa shape index (κ3) is 3.03. The summed E-state index contributed by atoms with van der Waals surface area (Å²) >= 11 is 0. The molecule has 2 rings (SSSR count). The second-order valence-electron chi connectivity index (χ2n) is 4.23. The molecule has 3 heteroatoms. The minimum atomic E-state index is 0.00131. The molecule has 17 heavy (non-hydrogen) atoms. The molecule has 0 spiro atoms. The van der Waals surface area contributed by atoms with E-state index in [0.29, 0.717) is 6.54 Å². The molecule has 3 nitrogen and oxygen atoms in total. The van der Waals surface area contributed by atoms with Crippen molar-refractivity contribution >= 4 is 16.8 Å². The third-order valence-corrected chi connectivity index (χ3v) is 2.66. The fourth-order valence-electron chi connectivity index (χ4n) is 1.79. The smallest absolute Gasteiger partial charge is 0.216 e. The number of nitrogens with zero attached hydrogens (tertiary/aromatic N) is 1. The van der Waals surface area contributed by atoms with Crippen molar-refractivity contribution in [1.82, 2.24) is 10.3 Å². The molecular weight excluding hydrogens is 212 g/mol. The van der Waals surface area contributed by atoms with Gasteiger partial charge in [-0.3, -0.25) is 9.78 Å². The zero-order valence-corrected chi connectivity index (χ0v) is 10.2. The van der Waals surface area contributed by atoms with Crippen LogP contribution in [0.5, 0.6) is 0 Å². The predicted octanol–water partition coefficient (Wildman–Crippen LogP) is 2.22. The minimum Gasteiger partial charge on any atom is -0.356 e. The molecule has 0 radical (unpaired) electrons. The maximum Gasteiger partial charge on any atom is 0.216 e. The number of hydrogen-bond donors (Lipinski definition) is 1. The Kier molecular flexibility index (Phi) is 3.38. The number of fused-ring (bicyclic) bond motifs is 1. The molecule has 1 heterocycles. The molecule has 0 aliphatic heterocycles.